The number of morpholine rings is 1. The Kier molecular flexibility index (Phi) is 7.38. The number of hydrogen-bond donors (Lipinski definition) is 3. The molecule has 0 unspecified atom stereocenters. The van der Waals surface area contributed by atoms with E-state index in [1.54, 1.807) is 6.07 Å². The number of nitrogens with two attached hydrogens (primary N) is 1. The van der Waals surface area contributed by atoms with Crippen molar-refractivity contribution in [2.75, 3.05) is 41.8 Å². The maximum atomic E-state index is 13.5. The van der Waals surface area contributed by atoms with Crippen molar-refractivity contribution >= 4 is 28.8 Å². The monoisotopic (exact) mass is 478 g/mol. The van der Waals surface area contributed by atoms with E-state index in [0.717, 1.165) is 24.8 Å². The fraction of sp³-hybridized carbons (Fsp3) is 0.240. The van der Waals surface area contributed by atoms with Crippen molar-refractivity contribution in [3.63, 3.8) is 0 Å². The lowest BCUT2D eigenvalue weighted by Crippen LogP contribution is -2.36. The van der Waals surface area contributed by atoms with Crippen LogP contribution in [-0.2, 0) is 22.5 Å². The maximum Gasteiger partial charge on any atom is 0.221 e. The van der Waals surface area contributed by atoms with Crippen molar-refractivity contribution in [1.29, 1.82) is 5.26 Å². The van der Waals surface area contributed by atoms with Crippen LogP contribution in [0.3, 0.4) is 0 Å². The largest absolute Gasteiger partial charge is 0.381 e. The van der Waals surface area contributed by atoms with Crippen LogP contribution >= 0.6 is 0 Å². The van der Waals surface area contributed by atoms with Gasteiger partial charge in [0.15, 0.2) is 0 Å². The molecule has 0 bridgehead atoms. The predicted molar refractivity (Wildman–Crippen MR) is 128 cm³/mol. The molecule has 2 aromatic carbocycles. The van der Waals surface area contributed by atoms with Crippen molar-refractivity contribution in [3.05, 3.63) is 77.0 Å². The molecule has 8 nitrogen and oxygen atoms in total. The molecule has 4 rings (SSSR count). The topological polar surface area (TPSA) is 116 Å². The number of benzene rings is 2. The third kappa shape index (κ3) is 6.22. The highest BCUT2D eigenvalue weighted by Gasteiger charge is 2.15. The molecule has 1 aromatic heterocycles. The van der Waals surface area contributed by atoms with Crippen LogP contribution < -0.4 is 21.3 Å². The van der Waals surface area contributed by atoms with Crippen LogP contribution in [0.15, 0.2) is 48.7 Å². The highest BCUT2D eigenvalue weighted by atomic mass is 19.1. The average molecular weight is 479 g/mol. The average Bonchev–Trinajstić information content (AvgIpc) is 2.84. The van der Waals surface area contributed by atoms with Crippen LogP contribution in [0.25, 0.3) is 0 Å². The number of amides is 1. The second kappa shape index (κ2) is 10.8. The van der Waals surface area contributed by atoms with E-state index in [1.165, 1.54) is 18.3 Å². The smallest absolute Gasteiger partial charge is 0.221 e. The van der Waals surface area contributed by atoms with E-state index in [9.17, 15) is 18.8 Å². The second-order valence-electron chi connectivity index (χ2n) is 8.07. The van der Waals surface area contributed by atoms with E-state index < -0.39 is 17.5 Å². The SMILES string of the molecule is N#Cc1cc(N2CCOCC2)ccc1Nc1cc(NCc2cc(F)cc(F)c2)c(CC(N)=O)cn1. The molecule has 10 heteroatoms. The second-order valence-corrected chi connectivity index (χ2v) is 8.07. The first-order chi connectivity index (χ1) is 16.9. The van der Waals surface area contributed by atoms with E-state index in [-0.39, 0.29) is 13.0 Å². The lowest BCUT2D eigenvalue weighted by atomic mass is 10.1. The molecule has 1 amide bonds. The molecule has 0 saturated carbocycles. The van der Waals surface area contributed by atoms with Crippen LogP contribution in [0.1, 0.15) is 16.7 Å². The Hall–Kier alpha value is -4.23. The Morgan fingerprint density at radius 1 is 1.11 bits per heavy atom. The summed E-state index contributed by atoms with van der Waals surface area (Å²) in [5.41, 5.74) is 8.75. The van der Waals surface area contributed by atoms with Crippen LogP contribution in [-0.4, -0.2) is 37.2 Å². The maximum absolute atomic E-state index is 13.5. The van der Waals surface area contributed by atoms with E-state index in [4.69, 9.17) is 10.5 Å². The minimum absolute atomic E-state index is 0.0647. The van der Waals surface area contributed by atoms with Gasteiger partial charge in [-0.25, -0.2) is 13.8 Å². The number of nitriles is 1. The molecule has 35 heavy (non-hydrogen) atoms. The molecular formula is C25H24F2N6O2. The van der Waals surface area contributed by atoms with E-state index in [1.807, 2.05) is 18.2 Å². The number of primary amides is 1. The number of anilines is 4. The molecule has 2 heterocycles. The molecule has 1 saturated heterocycles. The zero-order chi connectivity index (χ0) is 24.8. The minimum Gasteiger partial charge on any atom is -0.381 e. The third-order valence-electron chi connectivity index (χ3n) is 5.52. The summed E-state index contributed by atoms with van der Waals surface area (Å²) in [6, 6.07) is 12.7. The van der Waals surface area contributed by atoms with Gasteiger partial charge in [-0.1, -0.05) is 0 Å². The zero-order valence-electron chi connectivity index (χ0n) is 18.9. The van der Waals surface area contributed by atoms with Gasteiger partial charge in [0, 0.05) is 54.9 Å². The molecule has 0 atom stereocenters. The normalized spacial score (nSPS) is 13.2. The van der Waals surface area contributed by atoms with Gasteiger partial charge < -0.3 is 26.0 Å². The number of hydrogen-bond acceptors (Lipinski definition) is 7. The Morgan fingerprint density at radius 3 is 2.54 bits per heavy atom. The van der Waals surface area contributed by atoms with E-state index >= 15 is 0 Å². The van der Waals surface area contributed by atoms with Crippen molar-refractivity contribution < 1.29 is 18.3 Å². The highest BCUT2D eigenvalue weighted by Crippen LogP contribution is 2.28. The molecule has 180 valence electrons. The van der Waals surface area contributed by atoms with Crippen LogP contribution in [0, 0.1) is 23.0 Å². The number of rotatable bonds is 8. The van der Waals surface area contributed by atoms with Crippen molar-refractivity contribution in [2.24, 2.45) is 5.73 Å². The number of nitrogens with one attached hydrogen (secondary N) is 2. The van der Waals surface area contributed by atoms with Gasteiger partial charge in [-0.3, -0.25) is 4.79 Å². The van der Waals surface area contributed by atoms with Crippen molar-refractivity contribution in [2.45, 2.75) is 13.0 Å². The number of carbonyl (C=O) groups is 1. The van der Waals surface area contributed by atoms with Gasteiger partial charge in [-0.2, -0.15) is 5.26 Å². The van der Waals surface area contributed by atoms with E-state index in [2.05, 4.69) is 26.6 Å². The number of aromatic nitrogens is 1. The molecule has 1 aliphatic rings. The molecule has 3 aromatic rings. The van der Waals surface area contributed by atoms with Gasteiger partial charge in [0.05, 0.1) is 30.9 Å². The van der Waals surface area contributed by atoms with E-state index in [0.29, 0.717) is 47.1 Å². The number of ether oxygens (including phenoxy) is 1. The summed E-state index contributed by atoms with van der Waals surface area (Å²) in [6.07, 6.45) is 1.43. The lowest BCUT2D eigenvalue weighted by molar-refractivity contribution is -0.117. The number of nitrogens with zero attached hydrogens (tertiary/aromatic N) is 3. The summed E-state index contributed by atoms with van der Waals surface area (Å²) in [5, 5.41) is 15.9. The van der Waals surface area contributed by atoms with Crippen LogP contribution in [0.4, 0.5) is 31.7 Å². The predicted octanol–water partition coefficient (Wildman–Crippen LogP) is 3.45. The van der Waals surface area contributed by atoms with Crippen molar-refractivity contribution in [1.82, 2.24) is 4.98 Å². The minimum atomic E-state index is -0.680. The Balaban J connectivity index is 1.56. The van der Waals surface area contributed by atoms with Gasteiger partial charge in [0.2, 0.25) is 5.91 Å². The lowest BCUT2D eigenvalue weighted by Gasteiger charge is -2.29. The fourth-order valence-corrected chi connectivity index (χ4v) is 3.85. The Labute approximate surface area is 201 Å². The molecular weight excluding hydrogens is 454 g/mol. The molecule has 0 aliphatic carbocycles. The first-order valence-corrected chi connectivity index (χ1v) is 11.0. The van der Waals surface area contributed by atoms with Crippen LogP contribution in [0.2, 0.25) is 0 Å². The van der Waals surface area contributed by atoms with Gasteiger partial charge in [0.25, 0.3) is 0 Å². The number of carbonyl (C=O) groups excluding carboxylic acids is 1. The highest BCUT2D eigenvalue weighted by molar-refractivity contribution is 5.79. The number of pyridine rings is 1. The first-order valence-electron chi connectivity index (χ1n) is 11.0. The molecule has 4 N–H and O–H groups in total. The molecule has 1 aliphatic heterocycles. The summed E-state index contributed by atoms with van der Waals surface area (Å²) in [4.78, 5) is 18.0. The molecule has 0 spiro atoms. The third-order valence-corrected chi connectivity index (χ3v) is 5.52. The summed E-state index contributed by atoms with van der Waals surface area (Å²) in [5.74, 6) is -1.49. The standard InChI is InChI=1S/C25H24F2N6O2/c26-19-7-16(8-20(27)11-19)14-30-23-12-25(31-15-18(23)10-24(29)34)32-22-2-1-21(9-17(22)13-28)33-3-5-35-6-4-33/h1-2,7-9,11-12,15H,3-6,10,14H2,(H2,29,34)(H2,30,31,32). The van der Waals surface area contributed by atoms with Gasteiger partial charge in [-0.05, 0) is 35.9 Å². The quantitative estimate of drug-likeness (QED) is 0.454. The van der Waals surface area contributed by atoms with Gasteiger partial charge >= 0.3 is 0 Å². The van der Waals surface area contributed by atoms with Gasteiger partial charge in [0.1, 0.15) is 23.5 Å². The zero-order valence-corrected chi connectivity index (χ0v) is 18.9. The summed E-state index contributed by atoms with van der Waals surface area (Å²) < 4.78 is 32.5. The van der Waals surface area contributed by atoms with Crippen LogP contribution in [0.5, 0.6) is 0 Å². The summed E-state index contributed by atoms with van der Waals surface area (Å²) in [6.45, 7) is 2.90. The summed E-state index contributed by atoms with van der Waals surface area (Å²) >= 11 is 0. The first kappa shape index (κ1) is 23.9. The summed E-state index contributed by atoms with van der Waals surface area (Å²) in [7, 11) is 0. The molecule has 0 radical (unpaired) electrons. The Bertz CT molecular complexity index is 1250. The Morgan fingerprint density at radius 2 is 1.86 bits per heavy atom. The van der Waals surface area contributed by atoms with Crippen molar-refractivity contribution in [3.8, 4) is 6.07 Å². The fourth-order valence-electron chi connectivity index (χ4n) is 3.85. The number of halogens is 2. The van der Waals surface area contributed by atoms with Gasteiger partial charge in [-0.15, -0.1) is 0 Å². The molecule has 1 fully saturated rings.